The van der Waals surface area contributed by atoms with Crippen LogP contribution in [0.3, 0.4) is 0 Å². The Kier molecular flexibility index (Phi) is 5.42. The molecule has 1 aromatic rings. The smallest absolute Gasteiger partial charge is 0.223 e. The molecule has 0 radical (unpaired) electrons. The summed E-state index contributed by atoms with van der Waals surface area (Å²) in [5.74, 6) is -0.274. The van der Waals surface area contributed by atoms with Gasteiger partial charge in [-0.15, -0.1) is 0 Å². The number of ether oxygens (including phenoxy) is 1. The highest BCUT2D eigenvalue weighted by Crippen LogP contribution is 2.28. The molecular formula is C15H19ClFNO3. The Morgan fingerprint density at radius 2 is 2.14 bits per heavy atom. The van der Waals surface area contributed by atoms with Gasteiger partial charge in [0.15, 0.2) is 0 Å². The zero-order valence-electron chi connectivity index (χ0n) is 11.7. The molecule has 1 saturated carbocycles. The van der Waals surface area contributed by atoms with Crippen LogP contribution in [0.1, 0.15) is 32.1 Å². The molecule has 21 heavy (non-hydrogen) atoms. The quantitative estimate of drug-likeness (QED) is 0.848. The van der Waals surface area contributed by atoms with Gasteiger partial charge in [0, 0.05) is 6.54 Å². The van der Waals surface area contributed by atoms with Gasteiger partial charge in [-0.25, -0.2) is 4.39 Å². The van der Waals surface area contributed by atoms with E-state index in [1.807, 2.05) is 0 Å². The van der Waals surface area contributed by atoms with Gasteiger partial charge < -0.3 is 15.2 Å². The molecule has 1 aromatic carbocycles. The fraction of sp³-hybridized carbons (Fsp3) is 0.533. The molecule has 4 nitrogen and oxygen atoms in total. The first-order valence-corrected chi connectivity index (χ1v) is 7.43. The molecule has 0 atom stereocenters. The molecule has 6 heteroatoms. The lowest BCUT2D eigenvalue weighted by Crippen LogP contribution is -2.41. The third kappa shape index (κ3) is 4.86. The minimum Gasteiger partial charge on any atom is -0.491 e. The number of halogens is 2. The molecule has 2 N–H and O–H groups in total. The largest absolute Gasteiger partial charge is 0.491 e. The van der Waals surface area contributed by atoms with Crippen molar-refractivity contribution in [3.63, 3.8) is 0 Å². The molecule has 1 amide bonds. The van der Waals surface area contributed by atoms with Crippen LogP contribution >= 0.6 is 11.6 Å². The molecule has 1 aliphatic carbocycles. The summed E-state index contributed by atoms with van der Waals surface area (Å²) >= 11 is 5.81. The number of rotatable bonds is 6. The van der Waals surface area contributed by atoms with E-state index in [9.17, 15) is 14.3 Å². The lowest BCUT2D eigenvalue weighted by Gasteiger charge is -2.22. The first-order chi connectivity index (χ1) is 9.98. The molecule has 116 valence electrons. The van der Waals surface area contributed by atoms with Crippen LogP contribution in [-0.4, -0.2) is 29.8 Å². The van der Waals surface area contributed by atoms with Crippen molar-refractivity contribution in [1.29, 1.82) is 0 Å². The Morgan fingerprint density at radius 1 is 1.43 bits per heavy atom. The van der Waals surface area contributed by atoms with E-state index in [0.29, 0.717) is 5.75 Å². The lowest BCUT2D eigenvalue weighted by molar-refractivity contribution is -0.122. The summed E-state index contributed by atoms with van der Waals surface area (Å²) in [6.07, 6.45) is 3.62. The average Bonchev–Trinajstić information content (AvgIpc) is 2.86. The second-order valence-electron chi connectivity index (χ2n) is 5.38. The molecule has 0 unspecified atom stereocenters. The summed E-state index contributed by atoms with van der Waals surface area (Å²) in [6.45, 7) is 0.429. The first-order valence-electron chi connectivity index (χ1n) is 7.05. The SMILES string of the molecule is O=C(CCOc1ccc(F)cc1Cl)NCC1(O)CCCC1. The van der Waals surface area contributed by atoms with Crippen LogP contribution in [-0.2, 0) is 4.79 Å². The van der Waals surface area contributed by atoms with Crippen LogP contribution in [0.5, 0.6) is 5.75 Å². The van der Waals surface area contributed by atoms with Gasteiger partial charge in [0.05, 0.1) is 23.7 Å². The monoisotopic (exact) mass is 315 g/mol. The number of amides is 1. The number of carbonyl (C=O) groups is 1. The molecule has 0 heterocycles. The average molecular weight is 316 g/mol. The predicted molar refractivity (Wildman–Crippen MR) is 77.9 cm³/mol. The second kappa shape index (κ2) is 7.09. The van der Waals surface area contributed by atoms with Gasteiger partial charge in [0.25, 0.3) is 0 Å². The van der Waals surface area contributed by atoms with Crippen molar-refractivity contribution < 1.29 is 19.0 Å². The van der Waals surface area contributed by atoms with Crippen molar-refractivity contribution in [3.8, 4) is 5.75 Å². The molecule has 0 saturated heterocycles. The Bertz CT molecular complexity index is 504. The fourth-order valence-electron chi connectivity index (χ4n) is 2.41. The summed E-state index contributed by atoms with van der Waals surface area (Å²) < 4.78 is 18.2. The van der Waals surface area contributed by atoms with Crippen molar-refractivity contribution >= 4 is 17.5 Å². The van der Waals surface area contributed by atoms with E-state index in [4.69, 9.17) is 16.3 Å². The maximum Gasteiger partial charge on any atom is 0.223 e. The van der Waals surface area contributed by atoms with E-state index in [0.717, 1.165) is 31.7 Å². The van der Waals surface area contributed by atoms with Crippen LogP contribution in [0.4, 0.5) is 4.39 Å². The third-order valence-electron chi connectivity index (χ3n) is 3.63. The van der Waals surface area contributed by atoms with Gasteiger partial charge in [-0.1, -0.05) is 24.4 Å². The number of hydrogen-bond donors (Lipinski definition) is 2. The molecule has 1 aliphatic rings. The topological polar surface area (TPSA) is 58.6 Å². The van der Waals surface area contributed by atoms with Crippen molar-refractivity contribution in [3.05, 3.63) is 29.0 Å². The number of aliphatic hydroxyl groups is 1. The first kappa shape index (κ1) is 16.0. The Balaban J connectivity index is 1.69. The number of benzene rings is 1. The van der Waals surface area contributed by atoms with E-state index in [2.05, 4.69) is 5.32 Å². The standard InChI is InChI=1S/C15H19ClFNO3/c16-12-9-11(17)3-4-13(12)21-8-5-14(19)18-10-15(20)6-1-2-7-15/h3-4,9,20H,1-2,5-8,10H2,(H,18,19). The fourth-order valence-corrected chi connectivity index (χ4v) is 2.63. The summed E-state index contributed by atoms with van der Waals surface area (Å²) in [5.41, 5.74) is -0.753. The summed E-state index contributed by atoms with van der Waals surface area (Å²) in [6, 6.07) is 3.83. The zero-order valence-corrected chi connectivity index (χ0v) is 12.5. The molecule has 0 spiro atoms. The predicted octanol–water partition coefficient (Wildman–Crippen LogP) is 2.67. The molecular weight excluding hydrogens is 297 g/mol. The normalized spacial score (nSPS) is 16.7. The van der Waals surface area contributed by atoms with Crippen LogP contribution in [0, 0.1) is 5.82 Å². The molecule has 0 aromatic heterocycles. The zero-order chi connectivity index (χ0) is 15.3. The molecule has 0 aliphatic heterocycles. The van der Waals surface area contributed by atoms with Crippen molar-refractivity contribution in [2.45, 2.75) is 37.7 Å². The van der Waals surface area contributed by atoms with Crippen molar-refractivity contribution in [1.82, 2.24) is 5.32 Å². The van der Waals surface area contributed by atoms with Gasteiger partial charge >= 0.3 is 0 Å². The van der Waals surface area contributed by atoms with Crippen molar-refractivity contribution in [2.75, 3.05) is 13.2 Å². The van der Waals surface area contributed by atoms with Crippen LogP contribution < -0.4 is 10.1 Å². The lowest BCUT2D eigenvalue weighted by atomic mass is 10.0. The molecule has 2 rings (SSSR count). The highest BCUT2D eigenvalue weighted by Gasteiger charge is 2.31. The van der Waals surface area contributed by atoms with Gasteiger partial charge in [0.1, 0.15) is 11.6 Å². The maximum absolute atomic E-state index is 12.9. The van der Waals surface area contributed by atoms with Crippen molar-refractivity contribution in [2.24, 2.45) is 0 Å². The summed E-state index contributed by atoms with van der Waals surface area (Å²) in [5, 5.41) is 13.0. The Labute approximate surface area is 128 Å². The highest BCUT2D eigenvalue weighted by molar-refractivity contribution is 6.32. The van der Waals surface area contributed by atoms with Crippen LogP contribution in [0.25, 0.3) is 0 Å². The second-order valence-corrected chi connectivity index (χ2v) is 5.79. The molecule has 1 fully saturated rings. The van der Waals surface area contributed by atoms with Gasteiger partial charge in [-0.3, -0.25) is 4.79 Å². The van der Waals surface area contributed by atoms with E-state index in [1.54, 1.807) is 0 Å². The number of hydrogen-bond acceptors (Lipinski definition) is 3. The van der Waals surface area contributed by atoms with Gasteiger partial charge in [-0.05, 0) is 31.0 Å². The van der Waals surface area contributed by atoms with Crippen LogP contribution in [0.15, 0.2) is 18.2 Å². The minimum absolute atomic E-state index is 0.148. The number of nitrogens with one attached hydrogen (secondary N) is 1. The molecule has 0 bridgehead atoms. The van der Waals surface area contributed by atoms with E-state index in [1.165, 1.54) is 12.1 Å². The maximum atomic E-state index is 12.9. The summed E-state index contributed by atoms with van der Waals surface area (Å²) in [7, 11) is 0. The van der Waals surface area contributed by atoms with E-state index in [-0.39, 0.29) is 30.5 Å². The third-order valence-corrected chi connectivity index (χ3v) is 3.92. The van der Waals surface area contributed by atoms with Crippen LogP contribution in [0.2, 0.25) is 5.02 Å². The van der Waals surface area contributed by atoms with E-state index < -0.39 is 11.4 Å². The van der Waals surface area contributed by atoms with E-state index >= 15 is 0 Å². The van der Waals surface area contributed by atoms with Gasteiger partial charge in [0.2, 0.25) is 5.91 Å². The Hall–Kier alpha value is -1.33. The number of carbonyl (C=O) groups excluding carboxylic acids is 1. The highest BCUT2D eigenvalue weighted by atomic mass is 35.5. The summed E-state index contributed by atoms with van der Waals surface area (Å²) in [4.78, 5) is 11.7. The Morgan fingerprint density at radius 3 is 2.81 bits per heavy atom. The van der Waals surface area contributed by atoms with Gasteiger partial charge in [-0.2, -0.15) is 0 Å². The minimum atomic E-state index is -0.753.